The van der Waals surface area contributed by atoms with Gasteiger partial charge >= 0.3 is 11.9 Å². The third-order valence-corrected chi connectivity index (χ3v) is 12.3. The van der Waals surface area contributed by atoms with Crippen molar-refractivity contribution in [3.8, 4) is 0 Å². The van der Waals surface area contributed by atoms with Crippen molar-refractivity contribution in [2.75, 3.05) is 14.2 Å². The van der Waals surface area contributed by atoms with Crippen LogP contribution in [0.5, 0.6) is 0 Å². The fourth-order valence-corrected chi connectivity index (χ4v) is 8.19. The van der Waals surface area contributed by atoms with Crippen LogP contribution in [-0.2, 0) is 31.1 Å². The molecule has 0 N–H and O–H groups in total. The van der Waals surface area contributed by atoms with Crippen LogP contribution in [0.25, 0.3) is 5.57 Å². The van der Waals surface area contributed by atoms with Gasteiger partial charge in [0.25, 0.3) is 12.9 Å². The molecule has 0 atom stereocenters. The predicted octanol–water partition coefficient (Wildman–Crippen LogP) is 12.8. The third-order valence-electron chi connectivity index (χ3n) is 12.3. The number of methoxy groups -OCH3 is 2. The number of hydrogen-bond donors (Lipinski definition) is 0. The van der Waals surface area contributed by atoms with Gasteiger partial charge in [0, 0.05) is 22.3 Å². The summed E-state index contributed by atoms with van der Waals surface area (Å²) >= 11 is 0. The lowest BCUT2D eigenvalue weighted by Crippen LogP contribution is -2.34. The topological polar surface area (TPSA) is 69.7 Å². The van der Waals surface area contributed by atoms with Crippen LogP contribution in [0.2, 0.25) is 0 Å². The van der Waals surface area contributed by atoms with Gasteiger partial charge in [-0.05, 0) is 135 Å². The zero-order chi connectivity index (χ0) is 43.1. The Morgan fingerprint density at radius 1 is 0.500 bits per heavy atom. The molecule has 0 amide bonds. The molecule has 0 radical (unpaired) electrons. The molecular weight excluding hydrogens is 745 g/mol. The first-order valence-electron chi connectivity index (χ1n) is 19.5. The molecule has 2 aliphatic rings. The van der Waals surface area contributed by atoms with E-state index in [1.807, 2.05) is 6.07 Å². The molecule has 0 fully saturated rings. The number of ketones is 1. The fourth-order valence-electron chi connectivity index (χ4n) is 8.19. The van der Waals surface area contributed by atoms with Crippen molar-refractivity contribution in [3.05, 3.63) is 146 Å². The van der Waals surface area contributed by atoms with Crippen LogP contribution in [0.3, 0.4) is 0 Å². The summed E-state index contributed by atoms with van der Waals surface area (Å²) in [4.78, 5) is 36.4. The minimum Gasteiger partial charge on any atom is -0.465 e. The SMILES string of the molecule is C=C(c1ccc(C(=O)OC)cc1)c1cc2c(cc1C(F)F)C(C)(C)CCC2(C)C.COC(=O)c1ccc(C(=O)c2cc3c(cc2C(F)F)C(C)(C)CCC3(C)C)cc1. The maximum Gasteiger partial charge on any atom is 0.337 e. The second-order valence-corrected chi connectivity index (χ2v) is 18.1. The molecule has 0 spiro atoms. The Morgan fingerprint density at radius 3 is 1.14 bits per heavy atom. The highest BCUT2D eigenvalue weighted by Crippen LogP contribution is 2.49. The molecular formula is C49H54F4O5. The molecule has 5 nitrogen and oxygen atoms in total. The van der Waals surface area contributed by atoms with Gasteiger partial charge in [-0.15, -0.1) is 0 Å². The molecule has 6 rings (SSSR count). The van der Waals surface area contributed by atoms with Gasteiger partial charge in [-0.3, -0.25) is 4.79 Å². The van der Waals surface area contributed by atoms with E-state index in [0.717, 1.165) is 47.9 Å². The van der Waals surface area contributed by atoms with Crippen LogP contribution in [0, 0.1) is 0 Å². The molecule has 58 heavy (non-hydrogen) atoms. The summed E-state index contributed by atoms with van der Waals surface area (Å²) in [5, 5.41) is 0. The Balaban J connectivity index is 0.000000221. The summed E-state index contributed by atoms with van der Waals surface area (Å²) in [6, 6.07) is 19.3. The highest BCUT2D eigenvalue weighted by Gasteiger charge is 2.40. The largest absolute Gasteiger partial charge is 0.465 e. The lowest BCUT2D eigenvalue weighted by molar-refractivity contribution is 0.0592. The van der Waals surface area contributed by atoms with Crippen LogP contribution in [-0.4, -0.2) is 31.9 Å². The molecule has 0 saturated carbocycles. The maximum atomic E-state index is 14.0. The lowest BCUT2D eigenvalue weighted by atomic mass is 9.62. The van der Waals surface area contributed by atoms with E-state index in [2.05, 4.69) is 66.7 Å². The second kappa shape index (κ2) is 16.3. The lowest BCUT2D eigenvalue weighted by Gasteiger charge is -2.42. The van der Waals surface area contributed by atoms with E-state index in [4.69, 9.17) is 4.74 Å². The van der Waals surface area contributed by atoms with E-state index >= 15 is 0 Å². The first-order valence-corrected chi connectivity index (χ1v) is 19.5. The molecule has 0 unspecified atom stereocenters. The maximum absolute atomic E-state index is 14.0. The monoisotopic (exact) mass is 798 g/mol. The van der Waals surface area contributed by atoms with E-state index in [1.54, 1.807) is 36.4 Å². The summed E-state index contributed by atoms with van der Waals surface area (Å²) in [6.07, 6.45) is -1.57. The van der Waals surface area contributed by atoms with Crippen LogP contribution in [0.15, 0.2) is 79.4 Å². The van der Waals surface area contributed by atoms with Gasteiger partial charge in [0.1, 0.15) is 0 Å². The van der Waals surface area contributed by atoms with Crippen molar-refractivity contribution < 1.29 is 41.4 Å². The van der Waals surface area contributed by atoms with Gasteiger partial charge in [-0.2, -0.15) is 0 Å². The number of carbonyl (C=O) groups excluding carboxylic acids is 3. The standard InChI is InChI=1S/C25H28F2O2.C24H26F2O3/c1-15(16-7-9-17(10-8-16)23(28)29-6)18-13-20-21(14-19(18)22(26)27)25(4,5)12-11-24(20,2)3;1-23(2)10-11-24(3,4)19-13-17(21(25)26)16(12-18(19)23)20(27)14-6-8-15(9-7-14)22(28)29-5/h7-10,13-14,22H,1,11-12H2,2-6H3;6-9,12-13,21H,10-11H2,1-5H3. The van der Waals surface area contributed by atoms with E-state index in [9.17, 15) is 31.9 Å². The molecule has 4 aromatic rings. The fraction of sp³-hybridized carbons (Fsp3) is 0.408. The van der Waals surface area contributed by atoms with Crippen molar-refractivity contribution in [2.45, 2.75) is 116 Å². The first-order chi connectivity index (χ1) is 27.0. The first kappa shape index (κ1) is 44.1. The minimum absolute atomic E-state index is 0.0107. The van der Waals surface area contributed by atoms with E-state index in [0.29, 0.717) is 27.8 Å². The summed E-state index contributed by atoms with van der Waals surface area (Å²) in [7, 11) is 2.59. The van der Waals surface area contributed by atoms with Crippen molar-refractivity contribution >= 4 is 23.3 Å². The van der Waals surface area contributed by atoms with Gasteiger partial charge in [0.2, 0.25) is 0 Å². The summed E-state index contributed by atoms with van der Waals surface area (Å²) < 4.78 is 65.3. The number of rotatable bonds is 8. The van der Waals surface area contributed by atoms with Crippen LogP contribution in [0.4, 0.5) is 17.6 Å². The highest BCUT2D eigenvalue weighted by molar-refractivity contribution is 6.10. The van der Waals surface area contributed by atoms with Gasteiger partial charge in [-0.25, -0.2) is 27.2 Å². The Morgan fingerprint density at radius 2 is 0.793 bits per heavy atom. The van der Waals surface area contributed by atoms with Gasteiger partial charge in [-0.1, -0.05) is 86.2 Å². The van der Waals surface area contributed by atoms with Crippen molar-refractivity contribution in [1.29, 1.82) is 0 Å². The van der Waals surface area contributed by atoms with Gasteiger partial charge in [0.15, 0.2) is 5.78 Å². The second-order valence-electron chi connectivity index (χ2n) is 18.1. The molecule has 0 bridgehead atoms. The van der Waals surface area contributed by atoms with Crippen LogP contribution >= 0.6 is 0 Å². The molecule has 0 heterocycles. The molecule has 2 aliphatic carbocycles. The highest BCUT2D eigenvalue weighted by atomic mass is 19.3. The Hall–Kier alpha value is -5.05. The molecule has 0 aliphatic heterocycles. The molecule has 0 aromatic heterocycles. The number of alkyl halides is 4. The smallest absolute Gasteiger partial charge is 0.337 e. The zero-order valence-corrected chi connectivity index (χ0v) is 35.2. The Kier molecular flexibility index (Phi) is 12.4. The van der Waals surface area contributed by atoms with E-state index in [-0.39, 0.29) is 43.9 Å². The van der Waals surface area contributed by atoms with Crippen molar-refractivity contribution in [1.82, 2.24) is 0 Å². The predicted molar refractivity (Wildman–Crippen MR) is 221 cm³/mol. The van der Waals surface area contributed by atoms with Gasteiger partial charge in [0.05, 0.1) is 25.3 Å². The summed E-state index contributed by atoms with van der Waals surface area (Å²) in [5.74, 6) is -1.43. The number of halogens is 4. The van der Waals surface area contributed by atoms with E-state index in [1.165, 1.54) is 44.6 Å². The average Bonchev–Trinajstić information content (AvgIpc) is 3.19. The Bertz CT molecular complexity index is 2070. The number of hydrogen-bond acceptors (Lipinski definition) is 5. The number of fused-ring (bicyclic) bond motifs is 2. The van der Waals surface area contributed by atoms with Crippen molar-refractivity contribution in [2.24, 2.45) is 0 Å². The van der Waals surface area contributed by atoms with Crippen LogP contribution in [0.1, 0.15) is 175 Å². The van der Waals surface area contributed by atoms with Gasteiger partial charge < -0.3 is 9.47 Å². The number of carbonyl (C=O) groups is 3. The molecule has 4 aromatic carbocycles. The summed E-state index contributed by atoms with van der Waals surface area (Å²) in [6.45, 7) is 21.0. The third kappa shape index (κ3) is 8.69. The quantitative estimate of drug-likeness (QED) is 0.101. The van der Waals surface area contributed by atoms with Crippen LogP contribution < -0.4 is 0 Å². The number of ether oxygens (including phenoxy) is 2. The number of esters is 2. The molecule has 308 valence electrons. The number of benzene rings is 4. The van der Waals surface area contributed by atoms with E-state index < -0.39 is 30.6 Å². The molecule has 9 heteroatoms. The zero-order valence-electron chi connectivity index (χ0n) is 35.2. The molecule has 0 saturated heterocycles. The summed E-state index contributed by atoms with van der Waals surface area (Å²) in [5.41, 5.74) is 5.76. The Labute approximate surface area is 339 Å². The average molecular weight is 799 g/mol. The minimum atomic E-state index is -2.76. The normalized spacial score (nSPS) is 17.0. The van der Waals surface area contributed by atoms with Crippen molar-refractivity contribution in [3.63, 3.8) is 0 Å².